The summed E-state index contributed by atoms with van der Waals surface area (Å²) in [6.45, 7) is 6.58. The smallest absolute Gasteiger partial charge is 0.191 e. The molecule has 0 saturated carbocycles. The van der Waals surface area contributed by atoms with Crippen LogP contribution in [0.15, 0.2) is 34.2 Å². The Morgan fingerprint density at radius 3 is 2.63 bits per heavy atom. The maximum Gasteiger partial charge on any atom is 0.191 e. The molecule has 0 aliphatic carbocycles. The molecule has 0 atom stereocenters. The highest BCUT2D eigenvalue weighted by molar-refractivity contribution is 14.0. The quantitative estimate of drug-likeness (QED) is 0.199. The topological polar surface area (TPSA) is 83.0 Å². The molecule has 1 heterocycles. The lowest BCUT2D eigenvalue weighted by molar-refractivity contribution is 0.155. The molecule has 1 fully saturated rings. The monoisotopic (exact) mass is 556 g/mol. The van der Waals surface area contributed by atoms with E-state index in [0.717, 1.165) is 51.6 Å². The molecule has 1 saturated heterocycles. The summed E-state index contributed by atoms with van der Waals surface area (Å²) in [6.07, 6.45) is 3.05. The molecule has 0 unspecified atom stereocenters. The van der Waals surface area contributed by atoms with Crippen LogP contribution in [-0.4, -0.2) is 77.5 Å². The van der Waals surface area contributed by atoms with E-state index >= 15 is 0 Å². The fraction of sp³-hybridized carbons (Fsp3) is 0.650. The molecule has 30 heavy (non-hydrogen) atoms. The summed E-state index contributed by atoms with van der Waals surface area (Å²) >= 11 is 0. The Kier molecular flexibility index (Phi) is 12.8. The van der Waals surface area contributed by atoms with Crippen LogP contribution in [0.3, 0.4) is 0 Å². The van der Waals surface area contributed by atoms with Gasteiger partial charge < -0.3 is 20.3 Å². The van der Waals surface area contributed by atoms with Gasteiger partial charge in [0, 0.05) is 45.9 Å². The van der Waals surface area contributed by atoms with Crippen LogP contribution in [0.2, 0.25) is 0 Å². The zero-order chi connectivity index (χ0) is 21.1. The van der Waals surface area contributed by atoms with E-state index in [0.29, 0.717) is 18.5 Å². The van der Waals surface area contributed by atoms with E-state index in [4.69, 9.17) is 4.74 Å². The number of hydrogen-bond donors (Lipinski definition) is 2. The minimum Gasteiger partial charge on any atom is -0.385 e. The number of benzene rings is 1. The highest BCUT2D eigenvalue weighted by Crippen LogP contribution is 2.15. The second-order valence-electron chi connectivity index (χ2n) is 7.12. The van der Waals surface area contributed by atoms with Gasteiger partial charge in [0.15, 0.2) is 15.8 Å². The summed E-state index contributed by atoms with van der Waals surface area (Å²) in [5, 5.41) is 6.56. The summed E-state index contributed by atoms with van der Waals surface area (Å²) in [6, 6.07) is 5.74. The van der Waals surface area contributed by atoms with Gasteiger partial charge in [-0.3, -0.25) is 4.99 Å². The Bertz CT molecular complexity index is 756. The summed E-state index contributed by atoms with van der Waals surface area (Å²) in [5.41, 5.74) is 0. The second-order valence-corrected chi connectivity index (χ2v) is 9.19. The molecule has 172 valence electrons. The first-order valence-electron chi connectivity index (χ1n) is 10.2. The number of aliphatic imine (C=N–C) groups is 1. The molecule has 0 aromatic heterocycles. The largest absolute Gasteiger partial charge is 0.385 e. The zero-order valence-electron chi connectivity index (χ0n) is 17.8. The number of hydrogen-bond acceptors (Lipinski definition) is 5. The lowest BCUT2D eigenvalue weighted by Crippen LogP contribution is -2.49. The van der Waals surface area contributed by atoms with Gasteiger partial charge in [0.2, 0.25) is 0 Å². The van der Waals surface area contributed by atoms with E-state index in [-0.39, 0.29) is 41.2 Å². The van der Waals surface area contributed by atoms with Gasteiger partial charge in [-0.15, -0.1) is 24.0 Å². The van der Waals surface area contributed by atoms with Crippen molar-refractivity contribution in [2.24, 2.45) is 4.99 Å². The molecule has 1 aliphatic heterocycles. The van der Waals surface area contributed by atoms with Crippen LogP contribution in [0.5, 0.6) is 0 Å². The lowest BCUT2D eigenvalue weighted by Gasteiger charge is -2.33. The maximum atomic E-state index is 13.8. The minimum absolute atomic E-state index is 0. The Balaban J connectivity index is 0.00000450. The van der Waals surface area contributed by atoms with Crippen LogP contribution >= 0.6 is 24.0 Å². The molecule has 0 radical (unpaired) electrons. The fourth-order valence-corrected chi connectivity index (χ4v) is 4.53. The predicted octanol–water partition coefficient (Wildman–Crippen LogP) is 2.27. The first kappa shape index (κ1) is 27.1. The van der Waals surface area contributed by atoms with E-state index in [9.17, 15) is 12.8 Å². The molecular formula is C20H34FIN4O3S. The van der Waals surface area contributed by atoms with Crippen molar-refractivity contribution >= 4 is 39.8 Å². The van der Waals surface area contributed by atoms with Gasteiger partial charge in [0.05, 0.1) is 12.3 Å². The Morgan fingerprint density at radius 1 is 1.30 bits per heavy atom. The zero-order valence-corrected chi connectivity index (χ0v) is 20.9. The van der Waals surface area contributed by atoms with Crippen LogP contribution in [0.1, 0.15) is 26.2 Å². The second kappa shape index (κ2) is 14.2. The van der Waals surface area contributed by atoms with E-state index in [2.05, 4.69) is 20.5 Å². The van der Waals surface area contributed by atoms with E-state index < -0.39 is 15.7 Å². The number of rotatable bonds is 10. The summed E-state index contributed by atoms with van der Waals surface area (Å²) < 4.78 is 43.6. The van der Waals surface area contributed by atoms with Crippen molar-refractivity contribution in [3.8, 4) is 0 Å². The molecular weight excluding hydrogens is 522 g/mol. The number of methoxy groups -OCH3 is 1. The summed E-state index contributed by atoms with van der Waals surface area (Å²) in [7, 11) is -1.99. The van der Waals surface area contributed by atoms with Gasteiger partial charge in [-0.1, -0.05) is 12.1 Å². The van der Waals surface area contributed by atoms with Crippen molar-refractivity contribution < 1.29 is 17.5 Å². The highest BCUT2D eigenvalue weighted by atomic mass is 127. The highest BCUT2D eigenvalue weighted by Gasteiger charge is 2.21. The first-order chi connectivity index (χ1) is 14.0. The fourth-order valence-electron chi connectivity index (χ4n) is 3.33. The third kappa shape index (κ3) is 9.03. The van der Waals surface area contributed by atoms with Crippen molar-refractivity contribution in [1.29, 1.82) is 0 Å². The normalized spacial score (nSPS) is 16.2. The van der Waals surface area contributed by atoms with Gasteiger partial charge in [0.25, 0.3) is 0 Å². The number of piperidine rings is 1. The standard InChI is InChI=1S/C20H33FN4O3S.HI/c1-3-22-20(24-17-9-13-25(14-10-17)12-6-15-28-2)23-11-16-29(26,27)19-8-5-4-7-18(19)21;/h4-5,7-8,17H,3,6,9-16H2,1-2H3,(H2,22,23,24);1H. The maximum absolute atomic E-state index is 13.8. The molecule has 2 rings (SSSR count). The molecule has 0 amide bonds. The number of likely N-dealkylation sites (tertiary alicyclic amines) is 1. The Labute approximate surface area is 196 Å². The van der Waals surface area contributed by atoms with E-state index in [1.54, 1.807) is 7.11 Å². The molecule has 1 aliphatic rings. The SMILES string of the molecule is CCNC(=NCCS(=O)(=O)c1ccccc1F)NC1CCN(CCCOC)CC1.I. The number of halogens is 2. The van der Waals surface area contributed by atoms with Gasteiger partial charge in [-0.25, -0.2) is 12.8 Å². The predicted molar refractivity (Wildman–Crippen MR) is 129 cm³/mol. The summed E-state index contributed by atoms with van der Waals surface area (Å²) in [5.74, 6) is -0.351. The molecule has 0 spiro atoms. The number of nitrogens with one attached hydrogen (secondary N) is 2. The lowest BCUT2D eigenvalue weighted by atomic mass is 10.1. The Hall–Kier alpha value is -0.980. The van der Waals surface area contributed by atoms with Crippen molar-refractivity contribution in [1.82, 2.24) is 15.5 Å². The van der Waals surface area contributed by atoms with Crippen LogP contribution < -0.4 is 10.6 Å². The van der Waals surface area contributed by atoms with Gasteiger partial charge in [0.1, 0.15) is 10.7 Å². The molecule has 1 aromatic rings. The van der Waals surface area contributed by atoms with E-state index in [1.165, 1.54) is 18.2 Å². The van der Waals surface area contributed by atoms with Crippen LogP contribution in [0, 0.1) is 5.82 Å². The molecule has 2 N–H and O–H groups in total. The van der Waals surface area contributed by atoms with Gasteiger partial charge >= 0.3 is 0 Å². The average molecular weight is 556 g/mol. The molecule has 0 bridgehead atoms. The van der Waals surface area contributed by atoms with Gasteiger partial charge in [-0.05, 0) is 38.3 Å². The third-order valence-electron chi connectivity index (χ3n) is 4.90. The third-order valence-corrected chi connectivity index (χ3v) is 6.62. The Morgan fingerprint density at radius 2 is 2.00 bits per heavy atom. The molecule has 10 heteroatoms. The summed E-state index contributed by atoms with van der Waals surface area (Å²) in [4.78, 5) is 6.55. The van der Waals surface area contributed by atoms with Crippen LogP contribution in [-0.2, 0) is 14.6 Å². The average Bonchev–Trinajstić information content (AvgIpc) is 2.70. The number of ether oxygens (including phenoxy) is 1. The number of sulfone groups is 1. The van der Waals surface area contributed by atoms with Crippen molar-refractivity contribution in [3.05, 3.63) is 30.1 Å². The van der Waals surface area contributed by atoms with Crippen LogP contribution in [0.4, 0.5) is 4.39 Å². The van der Waals surface area contributed by atoms with Crippen molar-refractivity contribution in [3.63, 3.8) is 0 Å². The molecule has 1 aromatic carbocycles. The first-order valence-corrected chi connectivity index (χ1v) is 11.8. The number of nitrogens with zero attached hydrogens (tertiary/aromatic N) is 2. The van der Waals surface area contributed by atoms with Gasteiger partial charge in [-0.2, -0.15) is 0 Å². The molecule has 7 nitrogen and oxygen atoms in total. The van der Waals surface area contributed by atoms with Crippen molar-refractivity contribution in [2.45, 2.75) is 37.1 Å². The van der Waals surface area contributed by atoms with Crippen molar-refractivity contribution in [2.75, 3.05) is 52.2 Å². The number of guanidine groups is 1. The van der Waals surface area contributed by atoms with Crippen LogP contribution in [0.25, 0.3) is 0 Å². The minimum atomic E-state index is -3.71. The van der Waals surface area contributed by atoms with E-state index in [1.807, 2.05) is 6.92 Å².